The third-order valence-electron chi connectivity index (χ3n) is 1.47. The van der Waals surface area contributed by atoms with Gasteiger partial charge in [-0.3, -0.25) is 0 Å². The molecule has 3 N–H and O–H groups in total. The Balaban J connectivity index is 3.46. The number of carboxylic acid groups (broad SMARTS) is 1. The van der Waals surface area contributed by atoms with Crippen LogP contribution in [0.2, 0.25) is 5.15 Å². The van der Waals surface area contributed by atoms with E-state index in [2.05, 4.69) is 11.6 Å². The van der Waals surface area contributed by atoms with Crippen LogP contribution in [-0.4, -0.2) is 16.1 Å². The van der Waals surface area contributed by atoms with Crippen LogP contribution in [0.1, 0.15) is 16.1 Å². The van der Waals surface area contributed by atoms with Gasteiger partial charge in [0.1, 0.15) is 5.15 Å². The van der Waals surface area contributed by atoms with Crippen molar-refractivity contribution in [3.63, 3.8) is 0 Å². The molecule has 0 saturated carbocycles. The van der Waals surface area contributed by atoms with Crippen molar-refractivity contribution < 1.29 is 9.90 Å². The van der Waals surface area contributed by atoms with Crippen molar-refractivity contribution in [3.8, 4) is 0 Å². The molecule has 4 nitrogen and oxygen atoms in total. The minimum Gasteiger partial charge on any atom is -0.476 e. The number of aromatic carboxylic acids is 1. The Hall–Kier alpha value is -1.55. The number of pyridine rings is 1. The number of hydrogen-bond donors (Lipinski definition) is 2. The number of nitrogen functional groups attached to an aromatic ring is 1. The van der Waals surface area contributed by atoms with E-state index in [0.717, 1.165) is 0 Å². The van der Waals surface area contributed by atoms with Crippen LogP contribution in [0.15, 0.2) is 12.6 Å². The fraction of sp³-hybridized carbons (Fsp3) is 0. The summed E-state index contributed by atoms with van der Waals surface area (Å²) in [6, 6.07) is 1.38. The maximum absolute atomic E-state index is 10.7. The number of carbonyl (C=O) groups is 1. The van der Waals surface area contributed by atoms with Gasteiger partial charge in [0.2, 0.25) is 0 Å². The Morgan fingerprint density at radius 3 is 2.85 bits per heavy atom. The number of anilines is 1. The molecule has 1 heterocycles. The van der Waals surface area contributed by atoms with Crippen LogP contribution in [0.25, 0.3) is 6.08 Å². The zero-order valence-corrected chi connectivity index (χ0v) is 7.38. The van der Waals surface area contributed by atoms with Gasteiger partial charge in [-0.05, 0) is 6.07 Å². The summed E-state index contributed by atoms with van der Waals surface area (Å²) in [5.41, 5.74) is 5.88. The zero-order valence-electron chi connectivity index (χ0n) is 6.62. The topological polar surface area (TPSA) is 76.2 Å². The molecule has 0 saturated heterocycles. The summed E-state index contributed by atoms with van der Waals surface area (Å²) in [5, 5.41) is 8.78. The first kappa shape index (κ1) is 9.54. The maximum atomic E-state index is 10.7. The Bertz CT molecular complexity index is 377. The molecule has 0 atom stereocenters. The number of halogens is 1. The summed E-state index contributed by atoms with van der Waals surface area (Å²) in [6.07, 6.45) is 1.34. The summed E-state index contributed by atoms with van der Waals surface area (Å²) in [7, 11) is 0. The Morgan fingerprint density at radius 1 is 1.77 bits per heavy atom. The van der Waals surface area contributed by atoms with Gasteiger partial charge in [-0.2, -0.15) is 0 Å². The van der Waals surface area contributed by atoms with E-state index in [1.165, 1.54) is 12.1 Å². The average molecular weight is 199 g/mol. The first-order valence-electron chi connectivity index (χ1n) is 3.38. The number of hydrogen-bond acceptors (Lipinski definition) is 3. The lowest BCUT2D eigenvalue weighted by atomic mass is 10.1. The number of carboxylic acids is 1. The molecule has 1 aromatic rings. The van der Waals surface area contributed by atoms with Crippen LogP contribution in [0.5, 0.6) is 0 Å². The number of nitrogens with two attached hydrogens (primary N) is 1. The molecule has 0 unspecified atom stereocenters. The van der Waals surface area contributed by atoms with E-state index in [-0.39, 0.29) is 22.1 Å². The molecule has 0 aliphatic heterocycles. The highest BCUT2D eigenvalue weighted by Crippen LogP contribution is 2.20. The second kappa shape index (κ2) is 3.45. The van der Waals surface area contributed by atoms with Gasteiger partial charge in [0, 0.05) is 11.3 Å². The van der Waals surface area contributed by atoms with Crippen molar-refractivity contribution in [2.24, 2.45) is 0 Å². The van der Waals surface area contributed by atoms with E-state index in [0.29, 0.717) is 0 Å². The highest BCUT2D eigenvalue weighted by atomic mass is 35.5. The molecule has 0 radical (unpaired) electrons. The largest absolute Gasteiger partial charge is 0.476 e. The first-order chi connectivity index (χ1) is 6.06. The molecule has 13 heavy (non-hydrogen) atoms. The summed E-state index contributed by atoms with van der Waals surface area (Å²) in [4.78, 5) is 14.3. The smallest absolute Gasteiger partial charge is 0.355 e. The third kappa shape index (κ3) is 1.78. The quantitative estimate of drug-likeness (QED) is 0.709. The maximum Gasteiger partial charge on any atom is 0.355 e. The Morgan fingerprint density at radius 2 is 2.38 bits per heavy atom. The van der Waals surface area contributed by atoms with Crippen molar-refractivity contribution >= 4 is 29.3 Å². The average Bonchev–Trinajstić information content (AvgIpc) is 2.02. The van der Waals surface area contributed by atoms with Crippen LogP contribution >= 0.6 is 11.6 Å². The minimum absolute atomic E-state index is 0.0560. The lowest BCUT2D eigenvalue weighted by Gasteiger charge is -2.04. The lowest BCUT2D eigenvalue weighted by molar-refractivity contribution is 0.0690. The monoisotopic (exact) mass is 198 g/mol. The highest BCUT2D eigenvalue weighted by molar-refractivity contribution is 6.30. The van der Waals surface area contributed by atoms with Gasteiger partial charge in [0.15, 0.2) is 5.69 Å². The number of nitrogens with zero attached hydrogens (tertiary/aromatic N) is 1. The summed E-state index contributed by atoms with van der Waals surface area (Å²) < 4.78 is 0. The van der Waals surface area contributed by atoms with Gasteiger partial charge in [-0.1, -0.05) is 24.3 Å². The van der Waals surface area contributed by atoms with E-state index < -0.39 is 5.97 Å². The molecule has 0 aliphatic carbocycles. The molecule has 0 fully saturated rings. The van der Waals surface area contributed by atoms with E-state index in [4.69, 9.17) is 22.4 Å². The molecule has 5 heteroatoms. The van der Waals surface area contributed by atoms with Gasteiger partial charge in [0.05, 0.1) is 0 Å². The second-order valence-corrected chi connectivity index (χ2v) is 2.69. The van der Waals surface area contributed by atoms with Crippen LogP contribution in [0.3, 0.4) is 0 Å². The van der Waals surface area contributed by atoms with Crippen molar-refractivity contribution in [1.29, 1.82) is 0 Å². The molecule has 0 amide bonds. The Kier molecular flexibility index (Phi) is 2.53. The van der Waals surface area contributed by atoms with Gasteiger partial charge >= 0.3 is 5.97 Å². The zero-order chi connectivity index (χ0) is 10.0. The molecule has 0 aromatic carbocycles. The molecular formula is C8H7ClN2O2. The van der Waals surface area contributed by atoms with Gasteiger partial charge in [-0.25, -0.2) is 9.78 Å². The number of aromatic nitrogens is 1. The molecule has 1 aromatic heterocycles. The highest BCUT2D eigenvalue weighted by Gasteiger charge is 2.13. The number of rotatable bonds is 2. The van der Waals surface area contributed by atoms with E-state index in [1.807, 2.05) is 0 Å². The summed E-state index contributed by atoms with van der Waals surface area (Å²) in [6.45, 7) is 3.44. The molecule has 0 bridgehead atoms. The lowest BCUT2D eigenvalue weighted by Crippen LogP contribution is -2.06. The van der Waals surface area contributed by atoms with Gasteiger partial charge in [-0.15, -0.1) is 0 Å². The van der Waals surface area contributed by atoms with Crippen molar-refractivity contribution in [2.75, 3.05) is 5.73 Å². The van der Waals surface area contributed by atoms with Crippen molar-refractivity contribution in [3.05, 3.63) is 29.1 Å². The third-order valence-corrected chi connectivity index (χ3v) is 1.66. The second-order valence-electron chi connectivity index (χ2n) is 2.31. The van der Waals surface area contributed by atoms with Gasteiger partial charge in [0.25, 0.3) is 0 Å². The standard InChI is InChI=1S/C8H7ClN2O2/c1-2-4-5(10)3-6(9)11-7(4)8(12)13/h2-3H,1H2,(H2,10,11)(H,12,13). The van der Waals surface area contributed by atoms with Crippen LogP contribution < -0.4 is 5.73 Å². The predicted octanol–water partition coefficient (Wildman–Crippen LogP) is 1.66. The first-order valence-corrected chi connectivity index (χ1v) is 3.75. The summed E-state index contributed by atoms with van der Waals surface area (Å²) in [5.74, 6) is -1.18. The fourth-order valence-electron chi connectivity index (χ4n) is 0.920. The molecular weight excluding hydrogens is 192 g/mol. The molecule has 68 valence electrons. The van der Waals surface area contributed by atoms with Crippen LogP contribution in [0, 0.1) is 0 Å². The van der Waals surface area contributed by atoms with E-state index in [1.54, 1.807) is 0 Å². The predicted molar refractivity (Wildman–Crippen MR) is 50.7 cm³/mol. The van der Waals surface area contributed by atoms with Crippen LogP contribution in [0.4, 0.5) is 5.69 Å². The van der Waals surface area contributed by atoms with Crippen LogP contribution in [-0.2, 0) is 0 Å². The molecule has 0 aliphatic rings. The van der Waals surface area contributed by atoms with Crippen molar-refractivity contribution in [1.82, 2.24) is 4.98 Å². The van der Waals surface area contributed by atoms with Gasteiger partial charge < -0.3 is 10.8 Å². The van der Waals surface area contributed by atoms with E-state index in [9.17, 15) is 4.79 Å². The SMILES string of the molecule is C=Cc1c(N)cc(Cl)nc1C(=O)O. The van der Waals surface area contributed by atoms with E-state index >= 15 is 0 Å². The molecule has 0 spiro atoms. The summed E-state index contributed by atoms with van der Waals surface area (Å²) >= 11 is 5.53. The normalized spacial score (nSPS) is 9.62. The van der Waals surface area contributed by atoms with Crippen molar-refractivity contribution in [2.45, 2.75) is 0 Å². The fourth-order valence-corrected chi connectivity index (χ4v) is 1.12. The minimum atomic E-state index is -1.18. The Labute approximate surface area is 79.7 Å². The molecule has 1 rings (SSSR count).